The van der Waals surface area contributed by atoms with Gasteiger partial charge in [-0.2, -0.15) is 0 Å². The van der Waals surface area contributed by atoms with Gasteiger partial charge in [0.05, 0.1) is 6.61 Å². The third-order valence-corrected chi connectivity index (χ3v) is 2.48. The second kappa shape index (κ2) is 5.49. The van der Waals surface area contributed by atoms with Gasteiger partial charge in [0.25, 0.3) is 0 Å². The van der Waals surface area contributed by atoms with E-state index in [1.165, 1.54) is 11.3 Å². The molecule has 3 N–H and O–H groups in total. The molecular weight excluding hydrogens is 200 g/mol. The molecule has 2 aromatic rings. The minimum absolute atomic E-state index is 0.102. The summed E-state index contributed by atoms with van der Waals surface area (Å²) in [7, 11) is 0. The predicted octanol–water partition coefficient (Wildman–Crippen LogP) is 1.80. The summed E-state index contributed by atoms with van der Waals surface area (Å²) in [5, 5.41) is 12.4. The number of H-pyrrole nitrogens is 1. The third kappa shape index (κ3) is 2.95. The summed E-state index contributed by atoms with van der Waals surface area (Å²) in [5.41, 5.74) is 3.33. The topological polar surface area (TPSA) is 48.0 Å². The molecule has 0 atom stereocenters. The molecule has 0 amide bonds. The number of hydrogen-bond acceptors (Lipinski definition) is 2. The zero-order valence-electron chi connectivity index (χ0n) is 9.11. The molecule has 84 valence electrons. The number of aromatic nitrogens is 1. The molecule has 1 aromatic carbocycles. The Balaban J connectivity index is 1.85. The predicted molar refractivity (Wildman–Crippen MR) is 63.7 cm³/mol. The van der Waals surface area contributed by atoms with Crippen molar-refractivity contribution in [2.75, 3.05) is 0 Å². The van der Waals surface area contributed by atoms with Crippen LogP contribution >= 0.6 is 0 Å². The molecule has 0 saturated carbocycles. The molecule has 0 aliphatic rings. The Morgan fingerprint density at radius 3 is 2.69 bits per heavy atom. The highest BCUT2D eigenvalue weighted by Crippen LogP contribution is 2.05. The van der Waals surface area contributed by atoms with Crippen molar-refractivity contribution < 1.29 is 5.11 Å². The van der Waals surface area contributed by atoms with E-state index in [1.54, 1.807) is 0 Å². The van der Waals surface area contributed by atoms with Crippen molar-refractivity contribution in [2.45, 2.75) is 19.7 Å². The number of aliphatic hydroxyl groups excluding tert-OH is 1. The molecule has 2 rings (SSSR count). The molecule has 16 heavy (non-hydrogen) atoms. The van der Waals surface area contributed by atoms with Gasteiger partial charge in [-0.05, 0) is 23.3 Å². The van der Waals surface area contributed by atoms with Crippen molar-refractivity contribution in [3.63, 3.8) is 0 Å². The van der Waals surface area contributed by atoms with Crippen molar-refractivity contribution in [1.82, 2.24) is 10.3 Å². The van der Waals surface area contributed by atoms with Gasteiger partial charge in [-0.25, -0.2) is 0 Å². The normalized spacial score (nSPS) is 10.6. The first-order valence-corrected chi connectivity index (χ1v) is 5.40. The number of aromatic amines is 1. The number of nitrogens with one attached hydrogen (secondary N) is 2. The van der Waals surface area contributed by atoms with E-state index in [-0.39, 0.29) is 6.61 Å². The summed E-state index contributed by atoms with van der Waals surface area (Å²) >= 11 is 0. The summed E-state index contributed by atoms with van der Waals surface area (Å²) in [4.78, 5) is 3.14. The SMILES string of the molecule is OCc1cccc(CNCc2ccc[nH]2)c1. The molecule has 3 nitrogen and oxygen atoms in total. The Bertz CT molecular complexity index is 423. The summed E-state index contributed by atoms with van der Waals surface area (Å²) in [6.07, 6.45) is 1.92. The van der Waals surface area contributed by atoms with E-state index in [0.717, 1.165) is 18.7 Å². The highest BCUT2D eigenvalue weighted by Gasteiger charge is 1.96. The van der Waals surface area contributed by atoms with Gasteiger partial charge in [0.1, 0.15) is 0 Å². The molecule has 0 unspecified atom stereocenters. The lowest BCUT2D eigenvalue weighted by atomic mass is 10.1. The van der Waals surface area contributed by atoms with Gasteiger partial charge in [0.2, 0.25) is 0 Å². The monoisotopic (exact) mass is 216 g/mol. The van der Waals surface area contributed by atoms with Gasteiger partial charge in [-0.3, -0.25) is 0 Å². The maximum atomic E-state index is 9.01. The van der Waals surface area contributed by atoms with E-state index in [2.05, 4.69) is 22.4 Å². The van der Waals surface area contributed by atoms with Crippen LogP contribution in [0.2, 0.25) is 0 Å². The molecule has 1 heterocycles. The average molecular weight is 216 g/mol. The van der Waals surface area contributed by atoms with E-state index in [0.29, 0.717) is 0 Å². The van der Waals surface area contributed by atoms with Crippen LogP contribution in [0.15, 0.2) is 42.6 Å². The molecule has 3 heteroatoms. The Hall–Kier alpha value is -1.58. The standard InChI is InChI=1S/C13H16N2O/c16-10-12-4-1-3-11(7-12)8-14-9-13-5-2-6-15-13/h1-7,14-16H,8-10H2. The van der Waals surface area contributed by atoms with E-state index in [9.17, 15) is 0 Å². The number of hydrogen-bond donors (Lipinski definition) is 3. The molecule has 1 aromatic heterocycles. The average Bonchev–Trinajstić information content (AvgIpc) is 2.82. The second-order valence-electron chi connectivity index (χ2n) is 3.78. The van der Waals surface area contributed by atoms with Crippen molar-refractivity contribution >= 4 is 0 Å². The molecule has 0 bridgehead atoms. The lowest BCUT2D eigenvalue weighted by Gasteiger charge is -2.05. The molecule has 0 radical (unpaired) electrons. The summed E-state index contributed by atoms with van der Waals surface area (Å²) in [5.74, 6) is 0. The first-order valence-electron chi connectivity index (χ1n) is 5.40. The summed E-state index contributed by atoms with van der Waals surface area (Å²) in [6, 6.07) is 12.0. The first kappa shape index (κ1) is 10.9. The minimum atomic E-state index is 0.102. The second-order valence-corrected chi connectivity index (χ2v) is 3.78. The number of aliphatic hydroxyl groups is 1. The van der Waals surface area contributed by atoms with Crippen LogP contribution in [-0.2, 0) is 19.7 Å². The molecule has 0 spiro atoms. The van der Waals surface area contributed by atoms with Crippen molar-refractivity contribution in [2.24, 2.45) is 0 Å². The van der Waals surface area contributed by atoms with Gasteiger partial charge < -0.3 is 15.4 Å². The highest BCUT2D eigenvalue weighted by molar-refractivity contribution is 5.22. The molecule has 0 aliphatic carbocycles. The van der Waals surface area contributed by atoms with Crippen LogP contribution in [0.5, 0.6) is 0 Å². The third-order valence-electron chi connectivity index (χ3n) is 2.48. The Kier molecular flexibility index (Phi) is 3.75. The van der Waals surface area contributed by atoms with Crippen LogP contribution < -0.4 is 5.32 Å². The maximum Gasteiger partial charge on any atom is 0.0681 e. The number of benzene rings is 1. The van der Waals surface area contributed by atoms with Gasteiger partial charge in [0.15, 0.2) is 0 Å². The van der Waals surface area contributed by atoms with Crippen molar-refractivity contribution in [3.05, 3.63) is 59.4 Å². The Labute approximate surface area is 95.1 Å². The summed E-state index contributed by atoms with van der Waals surface area (Å²) < 4.78 is 0. The van der Waals surface area contributed by atoms with E-state index in [1.807, 2.05) is 30.5 Å². The lowest BCUT2D eigenvalue weighted by Crippen LogP contribution is -2.12. The van der Waals surface area contributed by atoms with Crippen molar-refractivity contribution in [1.29, 1.82) is 0 Å². The minimum Gasteiger partial charge on any atom is -0.392 e. The molecule has 0 aliphatic heterocycles. The Morgan fingerprint density at radius 1 is 1.06 bits per heavy atom. The quantitative estimate of drug-likeness (QED) is 0.713. The van der Waals surface area contributed by atoms with Crippen LogP contribution in [0.4, 0.5) is 0 Å². The maximum absolute atomic E-state index is 9.01. The van der Waals surface area contributed by atoms with Crippen molar-refractivity contribution in [3.8, 4) is 0 Å². The zero-order chi connectivity index (χ0) is 11.2. The van der Waals surface area contributed by atoms with Gasteiger partial charge in [0, 0.05) is 25.0 Å². The van der Waals surface area contributed by atoms with Crippen LogP contribution in [-0.4, -0.2) is 10.1 Å². The van der Waals surface area contributed by atoms with Crippen LogP contribution in [0.3, 0.4) is 0 Å². The van der Waals surface area contributed by atoms with Crippen LogP contribution in [0.1, 0.15) is 16.8 Å². The summed E-state index contributed by atoms with van der Waals surface area (Å²) in [6.45, 7) is 1.74. The van der Waals surface area contributed by atoms with Gasteiger partial charge in [-0.1, -0.05) is 24.3 Å². The first-order chi connectivity index (χ1) is 7.88. The molecular formula is C13H16N2O. The molecule has 0 saturated heterocycles. The lowest BCUT2D eigenvalue weighted by molar-refractivity contribution is 0.281. The number of rotatable bonds is 5. The smallest absolute Gasteiger partial charge is 0.0681 e. The van der Waals surface area contributed by atoms with E-state index >= 15 is 0 Å². The van der Waals surface area contributed by atoms with Crippen LogP contribution in [0.25, 0.3) is 0 Å². The van der Waals surface area contributed by atoms with Gasteiger partial charge >= 0.3 is 0 Å². The van der Waals surface area contributed by atoms with E-state index < -0.39 is 0 Å². The fourth-order valence-electron chi connectivity index (χ4n) is 1.66. The largest absolute Gasteiger partial charge is 0.392 e. The van der Waals surface area contributed by atoms with Crippen LogP contribution in [0, 0.1) is 0 Å². The zero-order valence-corrected chi connectivity index (χ0v) is 9.11. The Morgan fingerprint density at radius 2 is 1.94 bits per heavy atom. The highest BCUT2D eigenvalue weighted by atomic mass is 16.3. The molecule has 0 fully saturated rings. The van der Waals surface area contributed by atoms with Gasteiger partial charge in [-0.15, -0.1) is 0 Å². The fraction of sp³-hybridized carbons (Fsp3) is 0.231. The fourth-order valence-corrected chi connectivity index (χ4v) is 1.66. The van der Waals surface area contributed by atoms with E-state index in [4.69, 9.17) is 5.11 Å².